The van der Waals surface area contributed by atoms with Crippen LogP contribution in [0.3, 0.4) is 0 Å². The maximum atomic E-state index is 10.5. The van der Waals surface area contributed by atoms with Gasteiger partial charge in [0, 0.05) is 12.6 Å². The molecule has 1 aliphatic rings. The first-order valence-electron chi connectivity index (χ1n) is 6.72. The van der Waals surface area contributed by atoms with E-state index < -0.39 is 6.10 Å². The molecule has 19 heavy (non-hydrogen) atoms. The van der Waals surface area contributed by atoms with Crippen LogP contribution in [-0.4, -0.2) is 10.1 Å². The molecule has 0 aliphatic heterocycles. The van der Waals surface area contributed by atoms with Crippen LogP contribution in [0.25, 0.3) is 0 Å². The summed E-state index contributed by atoms with van der Waals surface area (Å²) in [6.45, 7) is 0. The van der Waals surface area contributed by atoms with E-state index in [0.29, 0.717) is 18.2 Å². The van der Waals surface area contributed by atoms with Gasteiger partial charge >= 0.3 is 0 Å². The van der Waals surface area contributed by atoms with Gasteiger partial charge in [-0.25, -0.2) is 4.98 Å². The van der Waals surface area contributed by atoms with Crippen molar-refractivity contribution in [1.29, 1.82) is 0 Å². The largest absolute Gasteiger partial charge is 0.388 e. The fraction of sp³-hybridized carbons (Fsp3) is 0.312. The molecule has 1 heterocycles. The molecule has 0 spiro atoms. The molecular weight excluding hydrogens is 236 g/mol. The average Bonchev–Trinajstić information content (AvgIpc) is 3.26. The molecule has 3 N–H and O–H groups in total. The van der Waals surface area contributed by atoms with Gasteiger partial charge in [-0.2, -0.15) is 0 Å². The number of hydrogen-bond acceptors (Lipinski definition) is 3. The number of nitrogens with two attached hydrogens (primary N) is 1. The van der Waals surface area contributed by atoms with Crippen molar-refractivity contribution in [1.82, 2.24) is 4.98 Å². The van der Waals surface area contributed by atoms with E-state index in [0.717, 1.165) is 11.1 Å². The van der Waals surface area contributed by atoms with E-state index in [1.165, 1.54) is 18.4 Å². The van der Waals surface area contributed by atoms with Crippen molar-refractivity contribution in [3.63, 3.8) is 0 Å². The van der Waals surface area contributed by atoms with E-state index >= 15 is 0 Å². The Labute approximate surface area is 113 Å². The molecule has 1 aliphatic carbocycles. The minimum Gasteiger partial charge on any atom is -0.388 e. The monoisotopic (exact) mass is 254 g/mol. The molecular formula is C16H18N2O. The minimum absolute atomic E-state index is 0.505. The smallest absolute Gasteiger partial charge is 0.126 e. The molecule has 0 amide bonds. The topological polar surface area (TPSA) is 59.1 Å². The van der Waals surface area contributed by atoms with Crippen LogP contribution in [-0.2, 0) is 6.42 Å². The van der Waals surface area contributed by atoms with E-state index in [4.69, 9.17) is 5.73 Å². The standard InChI is InChI=1S/C16H18N2O/c17-16-12(4-3-9-18-16)10-15(19)14-6-2-1-5-13(14)11-7-8-11/h1-6,9,11,15,19H,7-8,10H2,(H2,17,18). The van der Waals surface area contributed by atoms with Gasteiger partial charge in [0.1, 0.15) is 5.82 Å². The third kappa shape index (κ3) is 2.61. The van der Waals surface area contributed by atoms with E-state index in [2.05, 4.69) is 11.1 Å². The molecule has 1 saturated carbocycles. The lowest BCUT2D eigenvalue weighted by Crippen LogP contribution is -2.07. The Hall–Kier alpha value is -1.87. The summed E-state index contributed by atoms with van der Waals surface area (Å²) < 4.78 is 0. The molecule has 3 rings (SSSR count). The van der Waals surface area contributed by atoms with Crippen LogP contribution in [0.4, 0.5) is 5.82 Å². The normalized spacial score (nSPS) is 16.3. The van der Waals surface area contributed by atoms with Gasteiger partial charge in [-0.1, -0.05) is 30.3 Å². The number of aliphatic hydroxyl groups excluding tert-OH is 1. The highest BCUT2D eigenvalue weighted by atomic mass is 16.3. The first-order chi connectivity index (χ1) is 9.25. The highest BCUT2D eigenvalue weighted by Gasteiger charge is 2.27. The molecule has 0 bridgehead atoms. The number of aliphatic hydroxyl groups is 1. The number of hydrogen-bond donors (Lipinski definition) is 2. The summed E-state index contributed by atoms with van der Waals surface area (Å²) in [5.74, 6) is 1.14. The van der Waals surface area contributed by atoms with Gasteiger partial charge in [0.25, 0.3) is 0 Å². The van der Waals surface area contributed by atoms with Crippen molar-refractivity contribution < 1.29 is 5.11 Å². The number of pyridine rings is 1. The summed E-state index contributed by atoms with van der Waals surface area (Å²) in [5, 5.41) is 10.5. The second-order valence-corrected chi connectivity index (χ2v) is 5.17. The number of benzene rings is 1. The molecule has 0 saturated heterocycles. The maximum Gasteiger partial charge on any atom is 0.126 e. The molecule has 3 heteroatoms. The predicted octanol–water partition coefficient (Wildman–Crippen LogP) is 2.82. The van der Waals surface area contributed by atoms with Crippen molar-refractivity contribution in [3.8, 4) is 0 Å². The fourth-order valence-corrected chi connectivity index (χ4v) is 2.52. The van der Waals surface area contributed by atoms with Crippen molar-refractivity contribution in [2.45, 2.75) is 31.3 Å². The molecule has 1 aromatic carbocycles. The molecule has 1 unspecified atom stereocenters. The lowest BCUT2D eigenvalue weighted by molar-refractivity contribution is 0.177. The van der Waals surface area contributed by atoms with Crippen LogP contribution >= 0.6 is 0 Å². The van der Waals surface area contributed by atoms with Crippen molar-refractivity contribution >= 4 is 5.82 Å². The van der Waals surface area contributed by atoms with Crippen LogP contribution < -0.4 is 5.73 Å². The van der Waals surface area contributed by atoms with E-state index in [1.807, 2.05) is 30.3 Å². The van der Waals surface area contributed by atoms with Gasteiger partial charge in [-0.05, 0) is 41.5 Å². The quantitative estimate of drug-likeness (QED) is 0.882. The van der Waals surface area contributed by atoms with Crippen molar-refractivity contribution in [2.24, 2.45) is 0 Å². The Morgan fingerprint density at radius 2 is 2.00 bits per heavy atom. The van der Waals surface area contributed by atoms with Gasteiger partial charge in [0.2, 0.25) is 0 Å². The molecule has 1 aromatic heterocycles. The van der Waals surface area contributed by atoms with Crippen LogP contribution in [0.5, 0.6) is 0 Å². The van der Waals surface area contributed by atoms with Crippen LogP contribution in [0.1, 0.15) is 41.6 Å². The van der Waals surface area contributed by atoms with Crippen molar-refractivity contribution in [3.05, 3.63) is 59.3 Å². The van der Waals surface area contributed by atoms with Crippen LogP contribution in [0.15, 0.2) is 42.6 Å². The lowest BCUT2D eigenvalue weighted by atomic mass is 9.95. The van der Waals surface area contributed by atoms with E-state index in [-0.39, 0.29) is 0 Å². The minimum atomic E-state index is -0.511. The summed E-state index contributed by atoms with van der Waals surface area (Å²) in [5.41, 5.74) is 9.06. The Kier molecular flexibility index (Phi) is 3.22. The average molecular weight is 254 g/mol. The zero-order valence-electron chi connectivity index (χ0n) is 10.8. The van der Waals surface area contributed by atoms with E-state index in [9.17, 15) is 5.11 Å². The second-order valence-electron chi connectivity index (χ2n) is 5.17. The predicted molar refractivity (Wildman–Crippen MR) is 75.7 cm³/mol. The first-order valence-corrected chi connectivity index (χ1v) is 6.72. The highest BCUT2D eigenvalue weighted by molar-refractivity contribution is 5.41. The Morgan fingerprint density at radius 1 is 1.21 bits per heavy atom. The molecule has 0 radical (unpaired) electrons. The summed E-state index contributed by atoms with van der Waals surface area (Å²) >= 11 is 0. The zero-order valence-corrected chi connectivity index (χ0v) is 10.8. The fourth-order valence-electron chi connectivity index (χ4n) is 2.52. The SMILES string of the molecule is Nc1ncccc1CC(O)c1ccccc1C1CC1. The summed E-state index contributed by atoms with van der Waals surface area (Å²) in [6.07, 6.45) is 4.15. The molecule has 2 aromatic rings. The third-order valence-corrected chi connectivity index (χ3v) is 3.71. The zero-order chi connectivity index (χ0) is 13.2. The van der Waals surface area contributed by atoms with Crippen molar-refractivity contribution in [2.75, 3.05) is 5.73 Å². The molecule has 98 valence electrons. The number of rotatable bonds is 4. The Morgan fingerprint density at radius 3 is 2.74 bits per heavy atom. The summed E-state index contributed by atoms with van der Waals surface area (Å²) in [6, 6.07) is 11.9. The van der Waals surface area contributed by atoms with Gasteiger partial charge < -0.3 is 10.8 Å². The van der Waals surface area contributed by atoms with Crippen LogP contribution in [0.2, 0.25) is 0 Å². The van der Waals surface area contributed by atoms with Gasteiger partial charge in [0.05, 0.1) is 6.10 Å². The summed E-state index contributed by atoms with van der Waals surface area (Å²) in [4.78, 5) is 4.06. The third-order valence-electron chi connectivity index (χ3n) is 3.71. The lowest BCUT2D eigenvalue weighted by Gasteiger charge is -2.16. The Balaban J connectivity index is 1.84. The molecule has 1 atom stereocenters. The van der Waals surface area contributed by atoms with Gasteiger partial charge in [0.15, 0.2) is 0 Å². The highest BCUT2D eigenvalue weighted by Crippen LogP contribution is 2.43. The maximum absolute atomic E-state index is 10.5. The molecule has 1 fully saturated rings. The number of nitrogens with zero attached hydrogens (tertiary/aromatic N) is 1. The van der Waals surface area contributed by atoms with E-state index in [1.54, 1.807) is 6.20 Å². The number of anilines is 1. The van der Waals surface area contributed by atoms with Crippen LogP contribution in [0, 0.1) is 0 Å². The second kappa shape index (κ2) is 5.02. The number of nitrogen functional groups attached to an aromatic ring is 1. The molecule has 3 nitrogen and oxygen atoms in total. The van der Waals surface area contributed by atoms with Gasteiger partial charge in [-0.3, -0.25) is 0 Å². The van der Waals surface area contributed by atoms with Gasteiger partial charge in [-0.15, -0.1) is 0 Å². The first kappa shape index (κ1) is 12.2. The Bertz CT molecular complexity index is 578. The number of aromatic nitrogens is 1. The summed E-state index contributed by atoms with van der Waals surface area (Å²) in [7, 11) is 0.